The van der Waals surface area contributed by atoms with Crippen LogP contribution in [0.25, 0.3) is 11.1 Å². The summed E-state index contributed by atoms with van der Waals surface area (Å²) in [6.07, 6.45) is 14.0. The van der Waals surface area contributed by atoms with Gasteiger partial charge < -0.3 is 0 Å². The fourth-order valence-corrected chi connectivity index (χ4v) is 3.56. The van der Waals surface area contributed by atoms with Gasteiger partial charge in [-0.2, -0.15) is 0 Å². The second-order valence-corrected chi connectivity index (χ2v) is 7.79. The van der Waals surface area contributed by atoms with Gasteiger partial charge in [-0.25, -0.2) is 13.2 Å². The fraction of sp³-hybridized carbons (Fsp3) is 0.520. The highest BCUT2D eigenvalue weighted by Gasteiger charge is 2.16. The maximum atomic E-state index is 14.1. The molecule has 0 saturated heterocycles. The summed E-state index contributed by atoms with van der Waals surface area (Å²) in [5.74, 6) is -2.81. The van der Waals surface area contributed by atoms with Crippen molar-refractivity contribution >= 4 is 0 Å². The summed E-state index contributed by atoms with van der Waals surface area (Å²) in [6.45, 7) is 3.49. The van der Waals surface area contributed by atoms with Gasteiger partial charge in [-0.3, -0.25) is 0 Å². The zero-order valence-electron chi connectivity index (χ0n) is 17.3. The normalized spacial score (nSPS) is 11.2. The van der Waals surface area contributed by atoms with Crippen LogP contribution in [-0.2, 0) is 6.42 Å². The molecule has 0 unspecified atom stereocenters. The lowest BCUT2D eigenvalue weighted by Crippen LogP contribution is -1.97. The van der Waals surface area contributed by atoms with E-state index in [1.165, 1.54) is 70.3 Å². The van der Waals surface area contributed by atoms with Gasteiger partial charge in [-0.05, 0) is 37.0 Å². The molecule has 0 aliphatic carbocycles. The summed E-state index contributed by atoms with van der Waals surface area (Å²) in [4.78, 5) is 0. The lowest BCUT2D eigenvalue weighted by atomic mass is 9.99. The van der Waals surface area contributed by atoms with Crippen LogP contribution in [0.2, 0.25) is 0 Å². The minimum absolute atomic E-state index is 0.0221. The second-order valence-electron chi connectivity index (χ2n) is 7.79. The first-order chi connectivity index (χ1) is 13.5. The molecule has 0 spiro atoms. The molecule has 0 saturated carbocycles. The number of halogens is 3. The first-order valence-electron chi connectivity index (χ1n) is 10.8. The van der Waals surface area contributed by atoms with Gasteiger partial charge in [-0.1, -0.05) is 89.0 Å². The standard InChI is InChI=1S/C25H33F3/c1-3-4-5-6-7-8-9-10-11-12-13-20-14-16-21(17-15-20)22-18-23(26)19(2)24(27)25(22)28/h14-18H,3-13H2,1-2H3. The molecule has 0 amide bonds. The van der Waals surface area contributed by atoms with Crippen LogP contribution in [0.4, 0.5) is 13.2 Å². The van der Waals surface area contributed by atoms with Crippen LogP contribution in [0, 0.1) is 24.4 Å². The molecule has 154 valence electrons. The van der Waals surface area contributed by atoms with Crippen molar-refractivity contribution in [1.29, 1.82) is 0 Å². The van der Waals surface area contributed by atoms with Gasteiger partial charge in [0.1, 0.15) is 5.82 Å². The second kappa shape index (κ2) is 11.9. The molecule has 2 aromatic carbocycles. The molecule has 0 bridgehead atoms. The molecule has 28 heavy (non-hydrogen) atoms. The highest BCUT2D eigenvalue weighted by molar-refractivity contribution is 5.65. The highest BCUT2D eigenvalue weighted by atomic mass is 19.2. The van der Waals surface area contributed by atoms with Crippen molar-refractivity contribution in [1.82, 2.24) is 0 Å². The Morgan fingerprint density at radius 2 is 1.21 bits per heavy atom. The van der Waals surface area contributed by atoms with E-state index in [-0.39, 0.29) is 11.1 Å². The van der Waals surface area contributed by atoms with Crippen LogP contribution in [0.5, 0.6) is 0 Å². The molecule has 0 fully saturated rings. The minimum Gasteiger partial charge on any atom is -0.207 e. The van der Waals surface area contributed by atoms with Gasteiger partial charge >= 0.3 is 0 Å². The summed E-state index contributed by atoms with van der Waals surface area (Å²) in [7, 11) is 0. The van der Waals surface area contributed by atoms with Crippen LogP contribution in [0.3, 0.4) is 0 Å². The summed E-state index contributed by atoms with van der Waals surface area (Å²) < 4.78 is 41.6. The predicted octanol–water partition coefficient (Wildman–Crippen LogP) is 8.54. The van der Waals surface area contributed by atoms with E-state index in [4.69, 9.17) is 0 Å². The van der Waals surface area contributed by atoms with E-state index in [9.17, 15) is 13.2 Å². The summed E-state index contributed by atoms with van der Waals surface area (Å²) >= 11 is 0. The van der Waals surface area contributed by atoms with Crippen LogP contribution < -0.4 is 0 Å². The first kappa shape index (κ1) is 22.5. The third-order valence-corrected chi connectivity index (χ3v) is 5.47. The quantitative estimate of drug-likeness (QED) is 0.251. The lowest BCUT2D eigenvalue weighted by Gasteiger charge is -2.09. The smallest absolute Gasteiger partial charge is 0.167 e. The molecular weight excluding hydrogens is 357 g/mol. The molecule has 0 aromatic heterocycles. The number of rotatable bonds is 12. The molecule has 2 aromatic rings. The minimum atomic E-state index is -1.11. The molecule has 2 rings (SSSR count). The van der Waals surface area contributed by atoms with Gasteiger partial charge in [0, 0.05) is 11.1 Å². The van der Waals surface area contributed by atoms with Crippen molar-refractivity contribution in [2.24, 2.45) is 0 Å². The van der Waals surface area contributed by atoms with Gasteiger partial charge in [0.05, 0.1) is 0 Å². The van der Waals surface area contributed by atoms with Crippen molar-refractivity contribution in [3.05, 3.63) is 58.9 Å². The van der Waals surface area contributed by atoms with E-state index in [0.717, 1.165) is 18.9 Å². The highest BCUT2D eigenvalue weighted by Crippen LogP contribution is 2.28. The summed E-state index contributed by atoms with van der Waals surface area (Å²) in [5.41, 5.74) is 1.38. The van der Waals surface area contributed by atoms with Crippen molar-refractivity contribution in [3.63, 3.8) is 0 Å². The SMILES string of the molecule is CCCCCCCCCCCCc1ccc(-c2cc(F)c(C)c(F)c2F)cc1. The molecule has 3 heteroatoms. The molecule has 0 atom stereocenters. The molecule has 0 aliphatic heterocycles. The van der Waals surface area contributed by atoms with Crippen LogP contribution in [0.15, 0.2) is 30.3 Å². The molecule has 0 N–H and O–H groups in total. The lowest BCUT2D eigenvalue weighted by molar-refractivity contribution is 0.489. The Hall–Kier alpha value is -1.77. The van der Waals surface area contributed by atoms with E-state index in [1.807, 2.05) is 12.1 Å². The maximum Gasteiger partial charge on any atom is 0.167 e. The van der Waals surface area contributed by atoms with E-state index >= 15 is 0 Å². The summed E-state index contributed by atoms with van der Waals surface area (Å²) in [6, 6.07) is 8.43. The third kappa shape index (κ3) is 6.68. The van der Waals surface area contributed by atoms with E-state index < -0.39 is 17.5 Å². The molecule has 0 aliphatic rings. The van der Waals surface area contributed by atoms with Gasteiger partial charge in [-0.15, -0.1) is 0 Å². The van der Waals surface area contributed by atoms with Crippen molar-refractivity contribution in [2.75, 3.05) is 0 Å². The zero-order chi connectivity index (χ0) is 20.4. The van der Waals surface area contributed by atoms with Crippen molar-refractivity contribution in [2.45, 2.75) is 84.5 Å². The Balaban J connectivity index is 1.74. The summed E-state index contributed by atoms with van der Waals surface area (Å²) in [5, 5.41) is 0. The van der Waals surface area contributed by atoms with Gasteiger partial charge in [0.2, 0.25) is 0 Å². The monoisotopic (exact) mass is 390 g/mol. The Labute approximate surface area is 168 Å². The zero-order valence-corrected chi connectivity index (χ0v) is 17.3. The molecule has 0 heterocycles. The molecule has 0 radical (unpaired) electrons. The van der Waals surface area contributed by atoms with Gasteiger partial charge in [0.25, 0.3) is 0 Å². The topological polar surface area (TPSA) is 0 Å². The van der Waals surface area contributed by atoms with Crippen LogP contribution >= 0.6 is 0 Å². The Morgan fingerprint density at radius 3 is 1.79 bits per heavy atom. The number of aryl methyl sites for hydroxylation is 1. The largest absolute Gasteiger partial charge is 0.207 e. The van der Waals surface area contributed by atoms with Crippen molar-refractivity contribution in [3.8, 4) is 11.1 Å². The van der Waals surface area contributed by atoms with Crippen molar-refractivity contribution < 1.29 is 13.2 Å². The number of hydrogen-bond donors (Lipinski definition) is 0. The van der Waals surface area contributed by atoms with Crippen LogP contribution in [-0.4, -0.2) is 0 Å². The number of benzene rings is 2. The Kier molecular flexibility index (Phi) is 9.60. The Bertz CT molecular complexity index is 720. The number of hydrogen-bond acceptors (Lipinski definition) is 0. The van der Waals surface area contributed by atoms with Gasteiger partial charge in [0.15, 0.2) is 11.6 Å². The van der Waals surface area contributed by atoms with Crippen LogP contribution in [0.1, 0.15) is 82.3 Å². The number of unbranched alkanes of at least 4 members (excludes halogenated alkanes) is 9. The predicted molar refractivity (Wildman–Crippen MR) is 112 cm³/mol. The van der Waals surface area contributed by atoms with E-state index in [2.05, 4.69) is 6.92 Å². The Morgan fingerprint density at radius 1 is 0.679 bits per heavy atom. The third-order valence-electron chi connectivity index (χ3n) is 5.47. The van der Waals surface area contributed by atoms with E-state index in [0.29, 0.717) is 5.56 Å². The fourth-order valence-electron chi connectivity index (χ4n) is 3.56. The molecular formula is C25H33F3. The average molecular weight is 391 g/mol. The van der Waals surface area contributed by atoms with E-state index in [1.54, 1.807) is 12.1 Å². The average Bonchev–Trinajstić information content (AvgIpc) is 2.71. The molecule has 0 nitrogen and oxygen atoms in total. The first-order valence-corrected chi connectivity index (χ1v) is 10.8. The maximum absolute atomic E-state index is 14.1.